The van der Waals surface area contributed by atoms with Gasteiger partial charge in [0.2, 0.25) is 0 Å². The molecule has 18 heavy (non-hydrogen) atoms. The molecule has 0 aromatic heterocycles. The largest absolute Gasteiger partial charge is 0.508 e. The molecule has 0 saturated carbocycles. The lowest BCUT2D eigenvalue weighted by molar-refractivity contribution is -0.870. The van der Waals surface area contributed by atoms with Crippen molar-refractivity contribution in [2.75, 3.05) is 34.3 Å². The van der Waals surface area contributed by atoms with E-state index in [1.54, 1.807) is 6.07 Å². The number of hydrogen-bond donors (Lipinski definition) is 2. The van der Waals surface area contributed by atoms with Crippen molar-refractivity contribution in [1.82, 2.24) is 0 Å². The van der Waals surface area contributed by atoms with E-state index in [0.29, 0.717) is 11.7 Å². The first-order valence-corrected chi connectivity index (χ1v) is 6.38. The number of phenols is 1. The number of aliphatic hydroxyl groups excluding tert-OH is 1. The number of aromatic hydroxyl groups is 1. The van der Waals surface area contributed by atoms with Crippen LogP contribution in [0.25, 0.3) is 0 Å². The van der Waals surface area contributed by atoms with Gasteiger partial charge in [0.25, 0.3) is 0 Å². The monoisotopic (exact) mass is 254 g/mol. The van der Waals surface area contributed by atoms with E-state index in [2.05, 4.69) is 35.0 Å². The molecule has 3 heteroatoms. The topological polar surface area (TPSA) is 40.5 Å². The van der Waals surface area contributed by atoms with Crippen LogP contribution in [-0.2, 0) is 0 Å². The average Bonchev–Trinajstić information content (AvgIpc) is 2.15. The van der Waals surface area contributed by atoms with Crippen molar-refractivity contribution in [2.45, 2.75) is 26.7 Å². The van der Waals surface area contributed by atoms with Gasteiger partial charge in [-0.1, -0.05) is 26.0 Å². The van der Waals surface area contributed by atoms with Gasteiger partial charge in [0.15, 0.2) is 0 Å². The number of benzene rings is 1. The fourth-order valence-corrected chi connectivity index (χ4v) is 1.44. The standard InChI is InChI=1S/C10H14O.C5H14NO/c1-7(2)9-5-4-8(3)6-10(9)11;1-6(2,3)4-5-7/h4-7,11H,1-3H3;7H,4-5H2,1-3H3/q;+1. The number of quaternary nitrogens is 1. The average molecular weight is 254 g/mol. The van der Waals surface area contributed by atoms with Gasteiger partial charge in [0.1, 0.15) is 12.3 Å². The van der Waals surface area contributed by atoms with E-state index >= 15 is 0 Å². The number of aliphatic hydroxyl groups is 1. The van der Waals surface area contributed by atoms with Crippen LogP contribution >= 0.6 is 0 Å². The van der Waals surface area contributed by atoms with Crippen LogP contribution in [0.2, 0.25) is 0 Å². The fraction of sp³-hybridized carbons (Fsp3) is 0.600. The second-order valence-electron chi connectivity index (χ2n) is 5.95. The van der Waals surface area contributed by atoms with Gasteiger partial charge in [-0.2, -0.15) is 0 Å². The molecule has 1 rings (SSSR count). The molecular formula is C15H28NO2+. The third-order valence-electron chi connectivity index (χ3n) is 2.58. The Morgan fingerprint density at radius 2 is 1.72 bits per heavy atom. The van der Waals surface area contributed by atoms with E-state index in [9.17, 15) is 5.11 Å². The molecule has 104 valence electrons. The predicted octanol–water partition coefficient (Wildman–Crippen LogP) is 2.51. The molecule has 0 aliphatic carbocycles. The summed E-state index contributed by atoms with van der Waals surface area (Å²) < 4.78 is 0.844. The highest BCUT2D eigenvalue weighted by Gasteiger charge is 2.04. The zero-order valence-electron chi connectivity index (χ0n) is 12.6. The Labute approximate surface area is 111 Å². The van der Waals surface area contributed by atoms with Crippen molar-refractivity contribution in [2.24, 2.45) is 0 Å². The quantitative estimate of drug-likeness (QED) is 0.814. The zero-order valence-corrected chi connectivity index (χ0v) is 12.6. The fourth-order valence-electron chi connectivity index (χ4n) is 1.44. The number of nitrogens with zero attached hydrogens (tertiary/aromatic N) is 1. The maximum Gasteiger partial charge on any atom is 0.119 e. The van der Waals surface area contributed by atoms with Crippen LogP contribution in [0, 0.1) is 6.92 Å². The summed E-state index contributed by atoms with van der Waals surface area (Å²) in [7, 11) is 6.16. The zero-order chi connectivity index (χ0) is 14.3. The minimum atomic E-state index is 0.281. The lowest BCUT2D eigenvalue weighted by Crippen LogP contribution is -2.36. The first kappa shape index (κ1) is 16.9. The van der Waals surface area contributed by atoms with Crippen LogP contribution in [0.5, 0.6) is 5.75 Å². The lowest BCUT2D eigenvalue weighted by Gasteiger charge is -2.21. The number of rotatable bonds is 3. The van der Waals surface area contributed by atoms with Gasteiger partial charge in [0.05, 0.1) is 27.7 Å². The minimum absolute atomic E-state index is 0.281. The smallest absolute Gasteiger partial charge is 0.119 e. The van der Waals surface area contributed by atoms with Gasteiger partial charge < -0.3 is 14.7 Å². The van der Waals surface area contributed by atoms with E-state index in [-0.39, 0.29) is 6.61 Å². The van der Waals surface area contributed by atoms with Gasteiger partial charge in [0, 0.05) is 0 Å². The Hall–Kier alpha value is -1.06. The minimum Gasteiger partial charge on any atom is -0.508 e. The summed E-state index contributed by atoms with van der Waals surface area (Å²) >= 11 is 0. The molecule has 0 unspecified atom stereocenters. The molecule has 0 heterocycles. The highest BCUT2D eigenvalue weighted by molar-refractivity contribution is 5.37. The van der Waals surface area contributed by atoms with Crippen LogP contribution in [-0.4, -0.2) is 49.0 Å². The van der Waals surface area contributed by atoms with Crippen molar-refractivity contribution in [3.05, 3.63) is 29.3 Å². The molecule has 0 radical (unpaired) electrons. The maximum atomic E-state index is 9.46. The first-order valence-electron chi connectivity index (χ1n) is 6.38. The Balaban J connectivity index is 0.000000360. The van der Waals surface area contributed by atoms with Crippen LogP contribution in [0.4, 0.5) is 0 Å². The molecular weight excluding hydrogens is 226 g/mol. The molecule has 2 N–H and O–H groups in total. The van der Waals surface area contributed by atoms with Gasteiger partial charge in [-0.3, -0.25) is 0 Å². The molecule has 0 amide bonds. The summed E-state index contributed by atoms with van der Waals surface area (Å²) in [4.78, 5) is 0. The van der Waals surface area contributed by atoms with E-state index in [4.69, 9.17) is 5.11 Å². The van der Waals surface area contributed by atoms with Crippen molar-refractivity contribution in [3.8, 4) is 5.75 Å². The lowest BCUT2D eigenvalue weighted by atomic mass is 10.0. The second kappa shape index (κ2) is 7.39. The normalized spacial score (nSPS) is 11.1. The SMILES string of the molecule is C[N+](C)(C)CCO.Cc1ccc(C(C)C)c(O)c1. The van der Waals surface area contributed by atoms with Gasteiger partial charge in [-0.15, -0.1) is 0 Å². The molecule has 0 fully saturated rings. The van der Waals surface area contributed by atoms with Crippen LogP contribution in [0.15, 0.2) is 18.2 Å². The molecule has 0 atom stereocenters. The van der Waals surface area contributed by atoms with Gasteiger partial charge >= 0.3 is 0 Å². The summed E-state index contributed by atoms with van der Waals surface area (Å²) in [5.74, 6) is 0.815. The second-order valence-corrected chi connectivity index (χ2v) is 5.95. The summed E-state index contributed by atoms with van der Waals surface area (Å²) in [5.41, 5.74) is 2.13. The van der Waals surface area contributed by atoms with Crippen molar-refractivity contribution in [1.29, 1.82) is 0 Å². The predicted molar refractivity (Wildman–Crippen MR) is 76.9 cm³/mol. The number of hydrogen-bond acceptors (Lipinski definition) is 2. The van der Waals surface area contributed by atoms with Gasteiger partial charge in [-0.25, -0.2) is 0 Å². The summed E-state index contributed by atoms with van der Waals surface area (Å²) in [6, 6.07) is 5.81. The molecule has 1 aromatic rings. The molecule has 1 aromatic carbocycles. The third kappa shape index (κ3) is 7.30. The Morgan fingerprint density at radius 1 is 1.17 bits per heavy atom. The Kier molecular flexibility index (Phi) is 6.96. The van der Waals surface area contributed by atoms with Gasteiger partial charge in [-0.05, 0) is 30.0 Å². The Morgan fingerprint density at radius 3 is 2.00 bits per heavy atom. The third-order valence-corrected chi connectivity index (χ3v) is 2.58. The highest BCUT2D eigenvalue weighted by atomic mass is 16.3. The molecule has 3 nitrogen and oxygen atoms in total. The maximum absolute atomic E-state index is 9.46. The van der Waals surface area contributed by atoms with Crippen molar-refractivity contribution in [3.63, 3.8) is 0 Å². The number of phenolic OH excluding ortho intramolecular Hbond substituents is 1. The first-order chi connectivity index (χ1) is 8.17. The van der Waals surface area contributed by atoms with E-state index < -0.39 is 0 Å². The summed E-state index contributed by atoms with van der Waals surface area (Å²) in [5, 5.41) is 17.8. The molecule has 0 aliphatic heterocycles. The summed E-state index contributed by atoms with van der Waals surface area (Å²) in [6.45, 7) is 7.24. The van der Waals surface area contributed by atoms with Crippen LogP contribution in [0.1, 0.15) is 30.9 Å². The van der Waals surface area contributed by atoms with Crippen LogP contribution in [0.3, 0.4) is 0 Å². The number of aryl methyl sites for hydroxylation is 1. The molecule has 0 spiro atoms. The molecule has 0 bridgehead atoms. The summed E-state index contributed by atoms with van der Waals surface area (Å²) in [6.07, 6.45) is 0. The van der Waals surface area contributed by atoms with E-state index in [1.807, 2.05) is 19.1 Å². The highest BCUT2D eigenvalue weighted by Crippen LogP contribution is 2.25. The van der Waals surface area contributed by atoms with E-state index in [0.717, 1.165) is 22.2 Å². The number of likely N-dealkylation sites (N-methyl/N-ethyl adjacent to an activating group) is 1. The van der Waals surface area contributed by atoms with Crippen molar-refractivity contribution >= 4 is 0 Å². The Bertz CT molecular complexity index is 354. The van der Waals surface area contributed by atoms with E-state index in [1.165, 1.54) is 0 Å². The van der Waals surface area contributed by atoms with Crippen LogP contribution < -0.4 is 0 Å². The van der Waals surface area contributed by atoms with Crippen molar-refractivity contribution < 1.29 is 14.7 Å². The molecule has 0 aliphatic rings. The molecule has 0 saturated heterocycles.